The van der Waals surface area contributed by atoms with E-state index in [1.165, 1.54) is 0 Å². The van der Waals surface area contributed by atoms with Crippen LogP contribution in [0.25, 0.3) is 0 Å². The lowest BCUT2D eigenvalue weighted by molar-refractivity contribution is 0.228. The summed E-state index contributed by atoms with van der Waals surface area (Å²) < 4.78 is 5.71. The number of ether oxygens (including phenoxy) is 1. The van der Waals surface area contributed by atoms with Gasteiger partial charge < -0.3 is 15.4 Å². The number of rotatable bonds is 4. The van der Waals surface area contributed by atoms with E-state index in [0.717, 1.165) is 16.9 Å². The first-order valence-corrected chi connectivity index (χ1v) is 6.54. The van der Waals surface area contributed by atoms with Crippen LogP contribution in [-0.4, -0.2) is 24.7 Å². The van der Waals surface area contributed by atoms with Gasteiger partial charge >= 0.3 is 6.03 Å². The Morgan fingerprint density at radius 2 is 1.79 bits per heavy atom. The fourth-order valence-corrected chi connectivity index (χ4v) is 1.73. The van der Waals surface area contributed by atoms with Crippen molar-refractivity contribution in [3.8, 4) is 5.75 Å². The molecule has 0 aliphatic rings. The van der Waals surface area contributed by atoms with Gasteiger partial charge in [-0.25, -0.2) is 4.79 Å². The second-order valence-corrected chi connectivity index (χ2v) is 5.70. The van der Waals surface area contributed by atoms with E-state index >= 15 is 0 Å². The van der Waals surface area contributed by atoms with Crippen LogP contribution in [0.1, 0.15) is 31.9 Å². The topological polar surface area (TPSA) is 50.4 Å². The van der Waals surface area contributed by atoms with Gasteiger partial charge in [-0.2, -0.15) is 0 Å². The van der Waals surface area contributed by atoms with E-state index in [2.05, 4.69) is 10.6 Å². The molecule has 0 bridgehead atoms. The molecule has 0 aliphatic carbocycles. The molecule has 4 heteroatoms. The molecule has 0 saturated carbocycles. The number of nitrogens with one attached hydrogen (secondary N) is 2. The van der Waals surface area contributed by atoms with E-state index in [9.17, 15) is 4.79 Å². The zero-order valence-electron chi connectivity index (χ0n) is 12.5. The highest BCUT2D eigenvalue weighted by Gasteiger charge is 2.12. The first kappa shape index (κ1) is 15.3. The fraction of sp³-hybridized carbons (Fsp3) is 0.533. The second-order valence-electron chi connectivity index (χ2n) is 5.70. The third kappa shape index (κ3) is 5.64. The van der Waals surface area contributed by atoms with E-state index in [4.69, 9.17) is 4.74 Å². The summed E-state index contributed by atoms with van der Waals surface area (Å²) in [5.41, 5.74) is 2.00. The lowest BCUT2D eigenvalue weighted by Gasteiger charge is -2.20. The van der Waals surface area contributed by atoms with Gasteiger partial charge in [-0.15, -0.1) is 0 Å². The van der Waals surface area contributed by atoms with Crippen LogP contribution in [0.2, 0.25) is 0 Å². The Balaban J connectivity index is 2.34. The highest BCUT2D eigenvalue weighted by atomic mass is 16.5. The molecular weight excluding hydrogens is 240 g/mol. The largest absolute Gasteiger partial charge is 0.491 e. The molecule has 0 aliphatic heterocycles. The van der Waals surface area contributed by atoms with Crippen LogP contribution in [0.5, 0.6) is 5.75 Å². The number of aryl methyl sites for hydroxylation is 2. The molecule has 0 unspecified atom stereocenters. The van der Waals surface area contributed by atoms with Gasteiger partial charge in [0.25, 0.3) is 0 Å². The third-order valence-electron chi connectivity index (χ3n) is 2.53. The van der Waals surface area contributed by atoms with Crippen molar-refractivity contribution in [1.29, 1.82) is 0 Å². The number of para-hydroxylation sites is 1. The quantitative estimate of drug-likeness (QED) is 0.822. The highest BCUT2D eigenvalue weighted by Crippen LogP contribution is 2.21. The smallest absolute Gasteiger partial charge is 0.315 e. The lowest BCUT2D eigenvalue weighted by atomic mass is 10.1. The predicted octanol–water partition coefficient (Wildman–Crippen LogP) is 2.78. The van der Waals surface area contributed by atoms with Gasteiger partial charge in [-0.05, 0) is 45.7 Å². The van der Waals surface area contributed by atoms with Crippen LogP contribution in [0, 0.1) is 13.8 Å². The first-order valence-electron chi connectivity index (χ1n) is 6.54. The highest BCUT2D eigenvalue weighted by molar-refractivity contribution is 5.74. The number of urea groups is 1. The maximum atomic E-state index is 11.5. The predicted molar refractivity (Wildman–Crippen MR) is 77.7 cm³/mol. The maximum absolute atomic E-state index is 11.5. The summed E-state index contributed by atoms with van der Waals surface area (Å²) in [6.07, 6.45) is 0. The molecule has 0 spiro atoms. The van der Waals surface area contributed by atoms with Crippen LogP contribution in [-0.2, 0) is 0 Å². The van der Waals surface area contributed by atoms with Crippen molar-refractivity contribution in [2.45, 2.75) is 40.2 Å². The molecule has 19 heavy (non-hydrogen) atoms. The van der Waals surface area contributed by atoms with Crippen molar-refractivity contribution >= 4 is 6.03 Å². The standard InChI is InChI=1S/C15H24N2O2/c1-11-7-6-8-12(2)13(11)19-10-9-16-14(18)17-15(3,4)5/h6-8H,9-10H2,1-5H3,(H2,16,17,18). The summed E-state index contributed by atoms with van der Waals surface area (Å²) in [4.78, 5) is 11.5. The number of carbonyl (C=O) groups is 1. The van der Waals surface area contributed by atoms with Crippen LogP contribution < -0.4 is 15.4 Å². The number of hydrogen-bond donors (Lipinski definition) is 2. The Morgan fingerprint density at radius 3 is 2.32 bits per heavy atom. The summed E-state index contributed by atoms with van der Waals surface area (Å²) in [5.74, 6) is 0.903. The average Bonchev–Trinajstić information content (AvgIpc) is 2.25. The van der Waals surface area contributed by atoms with Crippen LogP contribution in [0.4, 0.5) is 4.79 Å². The average molecular weight is 264 g/mol. The molecule has 0 atom stereocenters. The SMILES string of the molecule is Cc1cccc(C)c1OCCNC(=O)NC(C)(C)C. The van der Waals surface area contributed by atoms with Gasteiger partial charge in [-0.3, -0.25) is 0 Å². The van der Waals surface area contributed by atoms with Gasteiger partial charge in [0, 0.05) is 5.54 Å². The van der Waals surface area contributed by atoms with Crippen LogP contribution in [0.15, 0.2) is 18.2 Å². The number of hydrogen-bond acceptors (Lipinski definition) is 2. The Kier molecular flexibility index (Phi) is 5.21. The molecule has 2 amide bonds. The van der Waals surface area contributed by atoms with E-state index in [-0.39, 0.29) is 11.6 Å². The first-order chi connectivity index (χ1) is 8.79. The molecule has 1 aromatic carbocycles. The summed E-state index contributed by atoms with van der Waals surface area (Å²) in [5, 5.41) is 5.61. The molecule has 1 aromatic rings. The van der Waals surface area contributed by atoms with Gasteiger partial charge in [0.1, 0.15) is 12.4 Å². The molecule has 2 N–H and O–H groups in total. The molecule has 0 heterocycles. The number of carbonyl (C=O) groups excluding carboxylic acids is 1. The maximum Gasteiger partial charge on any atom is 0.315 e. The summed E-state index contributed by atoms with van der Waals surface area (Å²) in [6, 6.07) is 5.87. The summed E-state index contributed by atoms with van der Waals surface area (Å²) in [7, 11) is 0. The van der Waals surface area contributed by atoms with E-state index in [1.54, 1.807) is 0 Å². The van der Waals surface area contributed by atoms with E-state index < -0.39 is 0 Å². The molecule has 1 rings (SSSR count). The van der Waals surface area contributed by atoms with Crippen molar-refractivity contribution in [2.75, 3.05) is 13.2 Å². The fourth-order valence-electron chi connectivity index (χ4n) is 1.73. The van der Waals surface area contributed by atoms with Gasteiger partial charge in [0.15, 0.2) is 0 Å². The summed E-state index contributed by atoms with van der Waals surface area (Å²) in [6.45, 7) is 10.8. The second kappa shape index (κ2) is 6.45. The minimum atomic E-state index is -0.225. The Labute approximate surface area is 115 Å². The van der Waals surface area contributed by atoms with Gasteiger partial charge in [0.2, 0.25) is 0 Å². The third-order valence-corrected chi connectivity index (χ3v) is 2.53. The van der Waals surface area contributed by atoms with Crippen molar-refractivity contribution in [3.63, 3.8) is 0 Å². The number of benzene rings is 1. The van der Waals surface area contributed by atoms with Crippen molar-refractivity contribution in [1.82, 2.24) is 10.6 Å². The Morgan fingerprint density at radius 1 is 1.21 bits per heavy atom. The molecular formula is C15H24N2O2. The molecule has 0 aromatic heterocycles. The van der Waals surface area contributed by atoms with Crippen LogP contribution in [0.3, 0.4) is 0 Å². The molecule has 106 valence electrons. The van der Waals surface area contributed by atoms with Crippen LogP contribution >= 0.6 is 0 Å². The van der Waals surface area contributed by atoms with Gasteiger partial charge in [0.05, 0.1) is 6.54 Å². The van der Waals surface area contributed by atoms with Gasteiger partial charge in [-0.1, -0.05) is 18.2 Å². The van der Waals surface area contributed by atoms with Crippen molar-refractivity contribution in [3.05, 3.63) is 29.3 Å². The Bertz CT molecular complexity index is 416. The molecule has 0 fully saturated rings. The zero-order valence-corrected chi connectivity index (χ0v) is 12.5. The minimum Gasteiger partial charge on any atom is -0.491 e. The summed E-state index contributed by atoms with van der Waals surface area (Å²) >= 11 is 0. The lowest BCUT2D eigenvalue weighted by Crippen LogP contribution is -2.47. The zero-order chi connectivity index (χ0) is 14.5. The Hall–Kier alpha value is -1.71. The monoisotopic (exact) mass is 264 g/mol. The molecule has 0 saturated heterocycles. The van der Waals surface area contributed by atoms with E-state index in [1.807, 2.05) is 52.8 Å². The van der Waals surface area contributed by atoms with E-state index in [0.29, 0.717) is 13.2 Å². The van der Waals surface area contributed by atoms with Crippen molar-refractivity contribution < 1.29 is 9.53 Å². The molecule has 4 nitrogen and oxygen atoms in total. The normalized spacial score (nSPS) is 11.0. The molecule has 0 radical (unpaired) electrons. The van der Waals surface area contributed by atoms with Crippen molar-refractivity contribution in [2.24, 2.45) is 0 Å². The minimum absolute atomic E-state index is 0.169. The number of amides is 2.